The molecule has 5 heteroatoms. The highest BCUT2D eigenvalue weighted by molar-refractivity contribution is 5.58. The van der Waals surface area contributed by atoms with Crippen molar-refractivity contribution in [2.75, 3.05) is 17.7 Å². The van der Waals surface area contributed by atoms with E-state index in [1.165, 1.54) is 0 Å². The van der Waals surface area contributed by atoms with Crippen LogP contribution in [-0.2, 0) is 0 Å². The van der Waals surface area contributed by atoms with Crippen LogP contribution in [-0.4, -0.2) is 17.0 Å². The van der Waals surface area contributed by atoms with Crippen LogP contribution in [0.4, 0.5) is 17.5 Å². The summed E-state index contributed by atoms with van der Waals surface area (Å²) in [7, 11) is 1.84. The molecule has 2 rings (SSSR count). The van der Waals surface area contributed by atoms with Gasteiger partial charge >= 0.3 is 0 Å². The van der Waals surface area contributed by atoms with Crippen molar-refractivity contribution in [2.24, 2.45) is 0 Å². The van der Waals surface area contributed by atoms with Gasteiger partial charge in [0.25, 0.3) is 0 Å². The van der Waals surface area contributed by atoms with Crippen LogP contribution in [0, 0.1) is 11.3 Å². The number of aromatic nitrogens is 2. The maximum atomic E-state index is 8.72. The van der Waals surface area contributed by atoms with E-state index in [2.05, 4.69) is 16.0 Å². The van der Waals surface area contributed by atoms with Gasteiger partial charge in [-0.15, -0.1) is 0 Å². The average molecular weight is 225 g/mol. The number of nitrogens with two attached hydrogens (primary N) is 1. The van der Waals surface area contributed by atoms with E-state index >= 15 is 0 Å². The normalized spacial score (nSPS) is 9.65. The molecule has 1 aromatic heterocycles. The monoisotopic (exact) mass is 225 g/mol. The lowest BCUT2D eigenvalue weighted by molar-refractivity contribution is 1.05. The predicted molar refractivity (Wildman–Crippen MR) is 65.7 cm³/mol. The molecule has 0 fully saturated rings. The Morgan fingerprint density at radius 3 is 2.53 bits per heavy atom. The predicted octanol–water partition coefficient (Wildman–Crippen LogP) is 1.70. The van der Waals surface area contributed by atoms with Gasteiger partial charge in [0, 0.05) is 18.9 Å². The number of nitriles is 1. The lowest BCUT2D eigenvalue weighted by atomic mass is 10.2. The van der Waals surface area contributed by atoms with E-state index in [9.17, 15) is 0 Å². The van der Waals surface area contributed by atoms with Gasteiger partial charge in [0.2, 0.25) is 5.95 Å². The topological polar surface area (TPSA) is 78.8 Å². The molecule has 5 nitrogen and oxygen atoms in total. The minimum Gasteiger partial charge on any atom is -0.384 e. The summed E-state index contributed by atoms with van der Waals surface area (Å²) in [6.45, 7) is 0. The Kier molecular flexibility index (Phi) is 2.88. The lowest BCUT2D eigenvalue weighted by Gasteiger charge is -2.16. The molecule has 2 N–H and O–H groups in total. The quantitative estimate of drug-likeness (QED) is 0.841. The van der Waals surface area contributed by atoms with Crippen LogP contribution in [0.2, 0.25) is 0 Å². The largest absolute Gasteiger partial charge is 0.384 e. The molecule has 0 saturated heterocycles. The molecular weight excluding hydrogens is 214 g/mol. The molecule has 0 radical (unpaired) electrons. The second-order valence-corrected chi connectivity index (χ2v) is 3.50. The van der Waals surface area contributed by atoms with E-state index in [0.29, 0.717) is 17.3 Å². The number of hydrogen-bond acceptors (Lipinski definition) is 5. The summed E-state index contributed by atoms with van der Waals surface area (Å²) in [5, 5.41) is 8.72. The third-order valence-corrected chi connectivity index (χ3v) is 2.35. The Balaban J connectivity index is 2.30. The van der Waals surface area contributed by atoms with Gasteiger partial charge in [-0.05, 0) is 30.3 Å². The van der Waals surface area contributed by atoms with Crippen molar-refractivity contribution in [3.63, 3.8) is 0 Å². The third-order valence-electron chi connectivity index (χ3n) is 2.35. The van der Waals surface area contributed by atoms with Crippen LogP contribution in [0.1, 0.15) is 5.56 Å². The highest BCUT2D eigenvalue weighted by Gasteiger charge is 2.06. The van der Waals surface area contributed by atoms with Gasteiger partial charge in [0.1, 0.15) is 5.82 Å². The molecule has 1 aromatic carbocycles. The Labute approximate surface area is 99.1 Å². The molecule has 84 valence electrons. The van der Waals surface area contributed by atoms with Crippen molar-refractivity contribution in [1.82, 2.24) is 9.97 Å². The van der Waals surface area contributed by atoms with Gasteiger partial charge in [-0.25, -0.2) is 4.98 Å². The van der Waals surface area contributed by atoms with Gasteiger partial charge in [-0.2, -0.15) is 10.2 Å². The van der Waals surface area contributed by atoms with E-state index in [-0.39, 0.29) is 0 Å². The summed E-state index contributed by atoms with van der Waals surface area (Å²) in [5.74, 6) is 0.949. The average Bonchev–Trinajstić information content (AvgIpc) is 2.38. The molecule has 0 aliphatic rings. The Morgan fingerprint density at radius 1 is 1.24 bits per heavy atom. The van der Waals surface area contributed by atoms with Crippen molar-refractivity contribution >= 4 is 17.5 Å². The smallest absolute Gasteiger partial charge is 0.231 e. The highest BCUT2D eigenvalue weighted by atomic mass is 15.2. The zero-order valence-electron chi connectivity index (χ0n) is 9.33. The molecule has 2 aromatic rings. The molecule has 0 aliphatic heterocycles. The lowest BCUT2D eigenvalue weighted by Crippen LogP contribution is -2.13. The molecule has 0 unspecified atom stereocenters. The van der Waals surface area contributed by atoms with E-state index in [0.717, 1.165) is 5.69 Å². The van der Waals surface area contributed by atoms with Crippen LogP contribution in [0.25, 0.3) is 0 Å². The minimum atomic E-state index is 0.426. The van der Waals surface area contributed by atoms with Gasteiger partial charge in [0.05, 0.1) is 11.6 Å². The molecule has 1 heterocycles. The van der Waals surface area contributed by atoms with Crippen LogP contribution < -0.4 is 10.6 Å². The van der Waals surface area contributed by atoms with Crippen LogP contribution in [0.15, 0.2) is 36.5 Å². The van der Waals surface area contributed by atoms with Gasteiger partial charge < -0.3 is 10.6 Å². The Morgan fingerprint density at radius 2 is 1.94 bits per heavy atom. The number of rotatable bonds is 2. The van der Waals surface area contributed by atoms with Crippen LogP contribution >= 0.6 is 0 Å². The summed E-state index contributed by atoms with van der Waals surface area (Å²) in [5.41, 5.74) is 7.12. The fourth-order valence-corrected chi connectivity index (χ4v) is 1.40. The fourth-order valence-electron chi connectivity index (χ4n) is 1.40. The van der Waals surface area contributed by atoms with Crippen molar-refractivity contribution < 1.29 is 0 Å². The number of hydrogen-bond donors (Lipinski definition) is 1. The maximum absolute atomic E-state index is 8.72. The number of anilines is 3. The molecule has 0 saturated carbocycles. The molecule has 0 spiro atoms. The van der Waals surface area contributed by atoms with Crippen LogP contribution in [0.3, 0.4) is 0 Å². The molecule has 0 amide bonds. The highest BCUT2D eigenvalue weighted by Crippen LogP contribution is 2.20. The Bertz CT molecular complexity index is 556. The van der Waals surface area contributed by atoms with Crippen molar-refractivity contribution in [3.8, 4) is 6.07 Å². The first-order chi connectivity index (χ1) is 8.20. The number of benzene rings is 1. The van der Waals surface area contributed by atoms with Gasteiger partial charge in [-0.3, -0.25) is 0 Å². The van der Waals surface area contributed by atoms with Crippen molar-refractivity contribution in [1.29, 1.82) is 5.26 Å². The van der Waals surface area contributed by atoms with E-state index in [1.807, 2.05) is 19.2 Å². The standard InChI is InChI=1S/C12H11N5/c1-17(12-15-7-6-11(14)16-12)10-4-2-9(8-13)3-5-10/h2-7H,1H3,(H2,14,15,16). The first-order valence-electron chi connectivity index (χ1n) is 5.03. The Hall–Kier alpha value is -2.61. The number of nitrogen functional groups attached to an aromatic ring is 1. The van der Waals surface area contributed by atoms with Crippen LogP contribution in [0.5, 0.6) is 0 Å². The maximum Gasteiger partial charge on any atom is 0.231 e. The first kappa shape index (κ1) is 10.9. The molecular formula is C12H11N5. The van der Waals surface area contributed by atoms with E-state index < -0.39 is 0 Å². The van der Waals surface area contributed by atoms with Crippen molar-refractivity contribution in [3.05, 3.63) is 42.1 Å². The first-order valence-corrected chi connectivity index (χ1v) is 5.03. The SMILES string of the molecule is CN(c1ccc(C#N)cc1)c1nccc(N)n1. The second kappa shape index (κ2) is 4.49. The summed E-state index contributed by atoms with van der Waals surface area (Å²) >= 11 is 0. The summed E-state index contributed by atoms with van der Waals surface area (Å²) < 4.78 is 0. The van der Waals surface area contributed by atoms with Crippen molar-refractivity contribution in [2.45, 2.75) is 0 Å². The summed E-state index contributed by atoms with van der Waals surface area (Å²) in [4.78, 5) is 10.1. The summed E-state index contributed by atoms with van der Waals surface area (Å²) in [6, 6.07) is 10.9. The van der Waals surface area contributed by atoms with Gasteiger partial charge in [-0.1, -0.05) is 0 Å². The zero-order valence-corrected chi connectivity index (χ0v) is 9.33. The van der Waals surface area contributed by atoms with E-state index in [1.54, 1.807) is 29.3 Å². The summed E-state index contributed by atoms with van der Waals surface area (Å²) in [6.07, 6.45) is 1.61. The van der Waals surface area contributed by atoms with E-state index in [4.69, 9.17) is 11.0 Å². The second-order valence-electron chi connectivity index (χ2n) is 3.50. The molecule has 0 atom stereocenters. The fraction of sp³-hybridized carbons (Fsp3) is 0.0833. The van der Waals surface area contributed by atoms with Gasteiger partial charge in [0.15, 0.2) is 0 Å². The molecule has 0 aliphatic carbocycles. The third kappa shape index (κ3) is 2.32. The number of nitrogens with zero attached hydrogens (tertiary/aromatic N) is 4. The molecule has 0 bridgehead atoms. The zero-order chi connectivity index (χ0) is 12.3. The minimum absolute atomic E-state index is 0.426. The molecule has 17 heavy (non-hydrogen) atoms.